The van der Waals surface area contributed by atoms with Crippen LogP contribution >= 0.6 is 0 Å². The zero-order valence-electron chi connectivity index (χ0n) is 5.73. The molecule has 0 spiro atoms. The van der Waals surface area contributed by atoms with Gasteiger partial charge in [0.1, 0.15) is 0 Å². The fourth-order valence-electron chi connectivity index (χ4n) is 0.676. The van der Waals surface area contributed by atoms with E-state index in [1.807, 2.05) is 0 Å². The summed E-state index contributed by atoms with van der Waals surface area (Å²) in [4.78, 5) is 2.63. The second kappa shape index (κ2) is 3.31. The number of hydrogen-bond acceptors (Lipinski definition) is 1. The maximum absolute atomic E-state index is 8.06. The van der Waals surface area contributed by atoms with Crippen LogP contribution in [-0.4, -0.2) is 0 Å². The smallest absolute Gasteiger partial charge is 0.0376 e. The second-order valence-electron chi connectivity index (χ2n) is 1.88. The summed E-state index contributed by atoms with van der Waals surface area (Å²) in [5, 5.41) is 3.39. The molecule has 0 aliphatic heterocycles. The van der Waals surface area contributed by atoms with Crippen LogP contribution in [0.4, 0.5) is 5.69 Å². The maximum atomic E-state index is 8.06. The molecule has 1 aromatic carbocycles. The van der Waals surface area contributed by atoms with Crippen LogP contribution in [0.3, 0.4) is 0 Å². The van der Waals surface area contributed by atoms with E-state index in [0.717, 1.165) is 5.56 Å². The molecule has 0 unspecified atom stereocenters. The predicted molar refractivity (Wildman–Crippen MR) is 43.2 cm³/mol. The average Bonchev–Trinajstić information content (AvgIpc) is 2.07. The van der Waals surface area contributed by atoms with Gasteiger partial charge in [-0.15, -0.1) is 6.42 Å². The molecule has 11 heavy (non-hydrogen) atoms. The minimum Gasteiger partial charge on any atom is -0.115 e. The molecule has 0 saturated carbocycles. The molecule has 3 nitrogen and oxygen atoms in total. The third-order valence-electron chi connectivity index (χ3n) is 1.19. The van der Waals surface area contributed by atoms with Gasteiger partial charge in [0.2, 0.25) is 0 Å². The highest BCUT2D eigenvalue weighted by molar-refractivity contribution is 5.43. The van der Waals surface area contributed by atoms with E-state index in [9.17, 15) is 0 Å². The molecule has 0 heterocycles. The van der Waals surface area contributed by atoms with Crippen molar-refractivity contribution in [1.29, 1.82) is 0 Å². The van der Waals surface area contributed by atoms with Crippen molar-refractivity contribution in [2.45, 2.75) is 0 Å². The summed E-state index contributed by atoms with van der Waals surface area (Å²) in [5.74, 6) is 2.46. The van der Waals surface area contributed by atoms with Gasteiger partial charge in [0, 0.05) is 16.2 Å². The first-order chi connectivity index (χ1) is 5.36. The van der Waals surface area contributed by atoms with Crippen molar-refractivity contribution in [1.82, 2.24) is 0 Å². The van der Waals surface area contributed by atoms with E-state index in [4.69, 9.17) is 12.0 Å². The molecule has 0 fully saturated rings. The molecule has 0 radical (unpaired) electrons. The fourth-order valence-corrected chi connectivity index (χ4v) is 0.676. The van der Waals surface area contributed by atoms with Gasteiger partial charge < -0.3 is 0 Å². The Balaban J connectivity index is 3.02. The standard InChI is InChI=1S/C8H5N3/c1-2-7-3-5-8(6-4-7)10-11-9/h1,3-6H. The molecule has 52 valence electrons. The van der Waals surface area contributed by atoms with E-state index >= 15 is 0 Å². The largest absolute Gasteiger partial charge is 0.115 e. The van der Waals surface area contributed by atoms with Gasteiger partial charge in [-0.1, -0.05) is 23.2 Å². The Morgan fingerprint density at radius 2 is 2.00 bits per heavy atom. The van der Waals surface area contributed by atoms with E-state index in [0.29, 0.717) is 5.69 Å². The first kappa shape index (κ1) is 7.20. The number of nitrogens with zero attached hydrogens (tertiary/aromatic N) is 3. The zero-order valence-corrected chi connectivity index (χ0v) is 5.73. The van der Waals surface area contributed by atoms with Crippen LogP contribution in [0, 0.1) is 12.3 Å². The number of benzene rings is 1. The third kappa shape index (κ3) is 1.75. The highest BCUT2D eigenvalue weighted by Gasteiger charge is 1.86. The van der Waals surface area contributed by atoms with Crippen molar-refractivity contribution in [2.75, 3.05) is 0 Å². The van der Waals surface area contributed by atoms with Crippen LogP contribution in [0.15, 0.2) is 29.4 Å². The van der Waals surface area contributed by atoms with Gasteiger partial charge in [0.25, 0.3) is 0 Å². The molecular formula is C8H5N3. The van der Waals surface area contributed by atoms with E-state index in [1.54, 1.807) is 24.3 Å². The lowest BCUT2D eigenvalue weighted by atomic mass is 10.2. The molecule has 1 aromatic rings. The molecule has 0 aliphatic rings. The second-order valence-corrected chi connectivity index (χ2v) is 1.88. The lowest BCUT2D eigenvalue weighted by Gasteiger charge is -1.89. The van der Waals surface area contributed by atoms with Gasteiger partial charge in [-0.3, -0.25) is 0 Å². The Morgan fingerprint density at radius 3 is 2.45 bits per heavy atom. The Bertz CT molecular complexity index is 325. The van der Waals surface area contributed by atoms with Crippen LogP contribution in [0.5, 0.6) is 0 Å². The number of rotatable bonds is 1. The minimum atomic E-state index is 0.575. The molecule has 0 saturated heterocycles. The van der Waals surface area contributed by atoms with Gasteiger partial charge in [0.05, 0.1) is 0 Å². The van der Waals surface area contributed by atoms with E-state index in [1.165, 1.54) is 0 Å². The van der Waals surface area contributed by atoms with E-state index in [2.05, 4.69) is 15.9 Å². The lowest BCUT2D eigenvalue weighted by Crippen LogP contribution is -1.69. The number of terminal acetylenes is 1. The van der Waals surface area contributed by atoms with Gasteiger partial charge in [-0.05, 0) is 17.7 Å². The first-order valence-corrected chi connectivity index (χ1v) is 2.98. The van der Waals surface area contributed by atoms with Gasteiger partial charge in [-0.25, -0.2) is 0 Å². The van der Waals surface area contributed by atoms with Crippen LogP contribution in [0.1, 0.15) is 5.56 Å². The van der Waals surface area contributed by atoms with Gasteiger partial charge >= 0.3 is 0 Å². The summed E-state index contributed by atoms with van der Waals surface area (Å²) >= 11 is 0. The molecule has 0 amide bonds. The highest BCUT2D eigenvalue weighted by Crippen LogP contribution is 2.11. The third-order valence-corrected chi connectivity index (χ3v) is 1.19. The number of hydrogen-bond donors (Lipinski definition) is 0. The molecule has 0 aliphatic carbocycles. The summed E-state index contributed by atoms with van der Waals surface area (Å²) in [7, 11) is 0. The maximum Gasteiger partial charge on any atom is 0.0376 e. The molecular weight excluding hydrogens is 138 g/mol. The molecule has 3 heteroatoms. The summed E-state index contributed by atoms with van der Waals surface area (Å²) in [6.07, 6.45) is 5.12. The molecule has 0 bridgehead atoms. The Morgan fingerprint density at radius 1 is 1.36 bits per heavy atom. The summed E-state index contributed by atoms with van der Waals surface area (Å²) in [6, 6.07) is 6.80. The predicted octanol–water partition coefficient (Wildman–Crippen LogP) is 2.61. The van der Waals surface area contributed by atoms with Crippen LogP contribution in [0.25, 0.3) is 10.4 Å². The van der Waals surface area contributed by atoms with Gasteiger partial charge in [0.15, 0.2) is 0 Å². The topological polar surface area (TPSA) is 48.8 Å². The van der Waals surface area contributed by atoms with Crippen molar-refractivity contribution in [3.8, 4) is 12.3 Å². The Hall–Kier alpha value is -1.91. The monoisotopic (exact) mass is 143 g/mol. The van der Waals surface area contributed by atoms with Crippen LogP contribution in [-0.2, 0) is 0 Å². The van der Waals surface area contributed by atoms with Gasteiger partial charge in [-0.2, -0.15) is 0 Å². The molecule has 0 N–H and O–H groups in total. The zero-order chi connectivity index (χ0) is 8.10. The summed E-state index contributed by atoms with van der Waals surface area (Å²) in [6.45, 7) is 0. The quantitative estimate of drug-likeness (QED) is 0.251. The Kier molecular flexibility index (Phi) is 2.16. The molecule has 0 aromatic heterocycles. The van der Waals surface area contributed by atoms with Crippen molar-refractivity contribution in [3.05, 3.63) is 40.3 Å². The van der Waals surface area contributed by atoms with Crippen molar-refractivity contribution in [3.63, 3.8) is 0 Å². The number of azide groups is 1. The minimum absolute atomic E-state index is 0.575. The highest BCUT2D eigenvalue weighted by atomic mass is 15.1. The average molecular weight is 143 g/mol. The van der Waals surface area contributed by atoms with Crippen molar-refractivity contribution >= 4 is 5.69 Å². The molecule has 1 rings (SSSR count). The first-order valence-electron chi connectivity index (χ1n) is 2.98. The van der Waals surface area contributed by atoms with Crippen molar-refractivity contribution in [2.24, 2.45) is 5.11 Å². The van der Waals surface area contributed by atoms with Crippen molar-refractivity contribution < 1.29 is 0 Å². The normalized spacial score (nSPS) is 7.91. The Labute approximate surface area is 64.3 Å². The van der Waals surface area contributed by atoms with Crippen LogP contribution < -0.4 is 0 Å². The SMILES string of the molecule is C#Cc1ccc(N=[N+]=[N-])cc1. The summed E-state index contributed by atoms with van der Waals surface area (Å²) in [5.41, 5.74) is 9.42. The van der Waals surface area contributed by atoms with Crippen LogP contribution in [0.2, 0.25) is 0 Å². The fraction of sp³-hybridized carbons (Fsp3) is 0. The van der Waals surface area contributed by atoms with E-state index in [-0.39, 0.29) is 0 Å². The van der Waals surface area contributed by atoms with E-state index < -0.39 is 0 Å². The molecule has 0 atom stereocenters. The summed E-state index contributed by atoms with van der Waals surface area (Å²) < 4.78 is 0. The lowest BCUT2D eigenvalue weighted by molar-refractivity contribution is 1.47.